The number of rotatable bonds is 3. The molecule has 1 unspecified atom stereocenters. The minimum absolute atomic E-state index is 0.132. The highest BCUT2D eigenvalue weighted by Gasteiger charge is 2.28. The number of hydrogen-bond acceptors (Lipinski definition) is 2. The van der Waals surface area contributed by atoms with Gasteiger partial charge in [0, 0.05) is 19.6 Å². The van der Waals surface area contributed by atoms with Gasteiger partial charge >= 0.3 is 0 Å². The highest BCUT2D eigenvalue weighted by molar-refractivity contribution is 5.78. The predicted molar refractivity (Wildman–Crippen MR) is 56.1 cm³/mol. The van der Waals surface area contributed by atoms with E-state index in [1.807, 2.05) is 13.8 Å². The smallest absolute Gasteiger partial charge is 0.223 e. The van der Waals surface area contributed by atoms with Crippen LogP contribution < -0.4 is 5.32 Å². The molecule has 0 aromatic rings. The second-order valence-corrected chi connectivity index (χ2v) is 4.65. The molecule has 1 atom stereocenters. The first-order chi connectivity index (χ1) is 6.55. The Morgan fingerprint density at radius 2 is 2.21 bits per heavy atom. The Kier molecular flexibility index (Phi) is 3.93. The SMILES string of the molecule is COC(C)(C)CC1CCCCNC1=O. The highest BCUT2D eigenvalue weighted by atomic mass is 16.5. The molecule has 1 N–H and O–H groups in total. The van der Waals surface area contributed by atoms with Gasteiger partial charge in [0.05, 0.1) is 5.60 Å². The van der Waals surface area contributed by atoms with Crippen molar-refractivity contribution in [2.24, 2.45) is 5.92 Å². The molecule has 3 nitrogen and oxygen atoms in total. The Balaban J connectivity index is 2.52. The fourth-order valence-electron chi connectivity index (χ4n) is 1.87. The largest absolute Gasteiger partial charge is 0.379 e. The molecule has 1 fully saturated rings. The minimum atomic E-state index is -0.188. The van der Waals surface area contributed by atoms with Crippen LogP contribution in [0.5, 0.6) is 0 Å². The maximum absolute atomic E-state index is 11.6. The maximum atomic E-state index is 11.6. The van der Waals surface area contributed by atoms with Crippen molar-refractivity contribution in [3.63, 3.8) is 0 Å². The minimum Gasteiger partial charge on any atom is -0.379 e. The molecule has 82 valence electrons. The van der Waals surface area contributed by atoms with Crippen LogP contribution in [0.1, 0.15) is 39.5 Å². The third kappa shape index (κ3) is 3.29. The van der Waals surface area contributed by atoms with Crippen molar-refractivity contribution < 1.29 is 9.53 Å². The second kappa shape index (κ2) is 4.78. The van der Waals surface area contributed by atoms with Crippen LogP contribution in [0, 0.1) is 5.92 Å². The van der Waals surface area contributed by atoms with Crippen molar-refractivity contribution >= 4 is 5.91 Å². The van der Waals surface area contributed by atoms with Crippen LogP contribution in [-0.4, -0.2) is 25.2 Å². The van der Waals surface area contributed by atoms with E-state index in [-0.39, 0.29) is 17.4 Å². The quantitative estimate of drug-likeness (QED) is 0.751. The van der Waals surface area contributed by atoms with Crippen molar-refractivity contribution in [3.05, 3.63) is 0 Å². The van der Waals surface area contributed by atoms with E-state index < -0.39 is 0 Å². The molecule has 0 radical (unpaired) electrons. The summed E-state index contributed by atoms with van der Waals surface area (Å²) in [6.45, 7) is 4.90. The monoisotopic (exact) mass is 199 g/mol. The summed E-state index contributed by atoms with van der Waals surface area (Å²) in [6, 6.07) is 0. The first-order valence-electron chi connectivity index (χ1n) is 5.38. The number of hydrogen-bond donors (Lipinski definition) is 1. The van der Waals surface area contributed by atoms with E-state index in [1.165, 1.54) is 0 Å². The van der Waals surface area contributed by atoms with Gasteiger partial charge in [-0.05, 0) is 33.1 Å². The highest BCUT2D eigenvalue weighted by Crippen LogP contribution is 2.25. The lowest BCUT2D eigenvalue weighted by atomic mass is 9.89. The summed E-state index contributed by atoms with van der Waals surface area (Å²) >= 11 is 0. The average Bonchev–Trinajstić information content (AvgIpc) is 2.32. The molecular formula is C11H21NO2. The molecule has 0 spiro atoms. The van der Waals surface area contributed by atoms with Crippen LogP contribution in [0.15, 0.2) is 0 Å². The van der Waals surface area contributed by atoms with E-state index in [0.29, 0.717) is 0 Å². The van der Waals surface area contributed by atoms with Crippen LogP contribution >= 0.6 is 0 Å². The van der Waals surface area contributed by atoms with Crippen molar-refractivity contribution in [3.8, 4) is 0 Å². The molecule has 1 amide bonds. The number of methoxy groups -OCH3 is 1. The molecule has 14 heavy (non-hydrogen) atoms. The molecule has 0 aromatic carbocycles. The number of carbonyl (C=O) groups excluding carboxylic acids is 1. The van der Waals surface area contributed by atoms with Crippen molar-refractivity contribution in [2.45, 2.75) is 45.1 Å². The van der Waals surface area contributed by atoms with E-state index in [9.17, 15) is 4.79 Å². The molecule has 1 saturated heterocycles. The Morgan fingerprint density at radius 1 is 1.50 bits per heavy atom. The third-order valence-corrected chi connectivity index (χ3v) is 2.94. The van der Waals surface area contributed by atoms with Crippen molar-refractivity contribution in [1.29, 1.82) is 0 Å². The molecule has 0 aromatic heterocycles. The van der Waals surface area contributed by atoms with Gasteiger partial charge in [-0.25, -0.2) is 0 Å². The van der Waals surface area contributed by atoms with Gasteiger partial charge < -0.3 is 10.1 Å². The predicted octanol–water partition coefficient (Wildman–Crippen LogP) is 1.72. The number of carbonyl (C=O) groups is 1. The zero-order valence-corrected chi connectivity index (χ0v) is 9.43. The lowest BCUT2D eigenvalue weighted by Gasteiger charge is -2.27. The first kappa shape index (κ1) is 11.5. The molecule has 1 heterocycles. The molecule has 0 aliphatic carbocycles. The maximum Gasteiger partial charge on any atom is 0.223 e. The standard InChI is InChI=1S/C11H21NO2/c1-11(2,14-3)8-9-6-4-5-7-12-10(9)13/h9H,4-8H2,1-3H3,(H,12,13). The van der Waals surface area contributed by atoms with Gasteiger partial charge in [-0.1, -0.05) is 6.42 Å². The normalized spacial score (nSPS) is 24.2. The van der Waals surface area contributed by atoms with Crippen LogP contribution in [0.3, 0.4) is 0 Å². The van der Waals surface area contributed by atoms with Crippen LogP contribution in [-0.2, 0) is 9.53 Å². The molecule has 1 aliphatic rings. The number of nitrogens with one attached hydrogen (secondary N) is 1. The van der Waals surface area contributed by atoms with Gasteiger partial charge in [0.25, 0.3) is 0 Å². The first-order valence-corrected chi connectivity index (χ1v) is 5.38. The summed E-state index contributed by atoms with van der Waals surface area (Å²) in [4.78, 5) is 11.6. The van der Waals surface area contributed by atoms with Gasteiger partial charge in [-0.2, -0.15) is 0 Å². The third-order valence-electron chi connectivity index (χ3n) is 2.94. The summed E-state index contributed by atoms with van der Waals surface area (Å²) < 4.78 is 5.35. The number of amides is 1. The summed E-state index contributed by atoms with van der Waals surface area (Å²) in [5.41, 5.74) is -0.188. The Labute approximate surface area is 86.2 Å². The lowest BCUT2D eigenvalue weighted by Crippen LogP contribution is -2.35. The zero-order chi connectivity index (χ0) is 10.6. The molecule has 3 heteroatoms. The Morgan fingerprint density at radius 3 is 2.86 bits per heavy atom. The summed E-state index contributed by atoms with van der Waals surface area (Å²) in [7, 11) is 1.70. The molecule has 1 rings (SSSR count). The fourth-order valence-corrected chi connectivity index (χ4v) is 1.87. The lowest BCUT2D eigenvalue weighted by molar-refractivity contribution is -0.127. The van der Waals surface area contributed by atoms with E-state index in [0.717, 1.165) is 32.2 Å². The average molecular weight is 199 g/mol. The van der Waals surface area contributed by atoms with Gasteiger partial charge in [0.15, 0.2) is 0 Å². The summed E-state index contributed by atoms with van der Waals surface area (Å²) in [5, 5.41) is 2.95. The zero-order valence-electron chi connectivity index (χ0n) is 9.43. The van der Waals surface area contributed by atoms with E-state index >= 15 is 0 Å². The fraction of sp³-hybridized carbons (Fsp3) is 0.909. The van der Waals surface area contributed by atoms with Gasteiger partial charge in [-0.3, -0.25) is 4.79 Å². The second-order valence-electron chi connectivity index (χ2n) is 4.65. The van der Waals surface area contributed by atoms with Gasteiger partial charge in [-0.15, -0.1) is 0 Å². The van der Waals surface area contributed by atoms with Crippen molar-refractivity contribution in [1.82, 2.24) is 5.32 Å². The van der Waals surface area contributed by atoms with Gasteiger partial charge in [0.2, 0.25) is 5.91 Å². The summed E-state index contributed by atoms with van der Waals surface area (Å²) in [6.07, 6.45) is 4.06. The van der Waals surface area contributed by atoms with Gasteiger partial charge in [0.1, 0.15) is 0 Å². The van der Waals surface area contributed by atoms with Crippen molar-refractivity contribution in [2.75, 3.05) is 13.7 Å². The molecular weight excluding hydrogens is 178 g/mol. The van der Waals surface area contributed by atoms with Crippen LogP contribution in [0.25, 0.3) is 0 Å². The van der Waals surface area contributed by atoms with E-state index in [4.69, 9.17) is 4.74 Å². The molecule has 0 bridgehead atoms. The van der Waals surface area contributed by atoms with E-state index in [2.05, 4.69) is 5.32 Å². The Bertz CT molecular complexity index is 201. The van der Waals surface area contributed by atoms with E-state index in [1.54, 1.807) is 7.11 Å². The van der Waals surface area contributed by atoms with Crippen LogP contribution in [0.2, 0.25) is 0 Å². The summed E-state index contributed by atoms with van der Waals surface area (Å²) in [5.74, 6) is 0.333. The Hall–Kier alpha value is -0.570. The number of ether oxygens (including phenoxy) is 1. The molecule has 1 aliphatic heterocycles. The topological polar surface area (TPSA) is 38.3 Å². The molecule has 0 saturated carbocycles. The van der Waals surface area contributed by atoms with Crippen LogP contribution in [0.4, 0.5) is 0 Å².